The third-order valence-electron chi connectivity index (χ3n) is 4.15. The highest BCUT2D eigenvalue weighted by atomic mass is 35.5. The Kier molecular flexibility index (Phi) is 4.81. The minimum absolute atomic E-state index is 0.0394. The smallest absolute Gasteiger partial charge is 0.423 e. The molecule has 1 aliphatic rings. The van der Waals surface area contributed by atoms with Gasteiger partial charge in [0, 0.05) is 15.7 Å². The number of hydrogen-bond donors (Lipinski definition) is 1. The lowest BCUT2D eigenvalue weighted by Gasteiger charge is -2.31. The molecule has 0 saturated carbocycles. The molecule has 0 bridgehead atoms. The predicted octanol–water partition coefficient (Wildman–Crippen LogP) is 4.94. The van der Waals surface area contributed by atoms with Crippen LogP contribution in [0.1, 0.15) is 15.9 Å². The van der Waals surface area contributed by atoms with E-state index in [-0.39, 0.29) is 27.9 Å². The van der Waals surface area contributed by atoms with Crippen LogP contribution >= 0.6 is 23.2 Å². The Morgan fingerprint density at radius 3 is 2.19 bits per heavy atom. The largest absolute Gasteiger partial charge is 0.478 e. The highest BCUT2D eigenvalue weighted by molar-refractivity contribution is 6.34. The van der Waals surface area contributed by atoms with Gasteiger partial charge >= 0.3 is 12.1 Å². The fraction of sp³-hybridized carbons (Fsp3) is 0.235. The highest BCUT2D eigenvalue weighted by Crippen LogP contribution is 2.47. The molecular weight excluding hydrogens is 394 g/mol. The molecule has 3 rings (SSSR count). The summed E-state index contributed by atoms with van der Waals surface area (Å²) in [6.07, 6.45) is -4.71. The summed E-state index contributed by atoms with van der Waals surface area (Å²) in [6.45, 7) is -0.838. The number of carboxylic acids is 1. The van der Waals surface area contributed by atoms with E-state index in [1.807, 2.05) is 0 Å². The summed E-state index contributed by atoms with van der Waals surface area (Å²) in [5, 5.41) is 9.07. The van der Waals surface area contributed by atoms with Gasteiger partial charge in [0.1, 0.15) is 6.73 Å². The summed E-state index contributed by atoms with van der Waals surface area (Å²) >= 11 is 11.7. The molecule has 9 heteroatoms. The average molecular weight is 406 g/mol. The molecule has 26 heavy (non-hydrogen) atoms. The van der Waals surface area contributed by atoms with Crippen LogP contribution in [0.4, 0.5) is 18.9 Å². The van der Waals surface area contributed by atoms with E-state index in [4.69, 9.17) is 33.0 Å². The summed E-state index contributed by atoms with van der Waals surface area (Å²) in [4.78, 5) is 12.3. The van der Waals surface area contributed by atoms with Gasteiger partial charge in [-0.05, 0) is 48.0 Å². The van der Waals surface area contributed by atoms with E-state index in [1.54, 1.807) is 0 Å². The van der Waals surface area contributed by atoms with Crippen molar-refractivity contribution < 1.29 is 27.8 Å². The molecular formula is C17H12Cl2F3NO3. The Labute approximate surface area is 156 Å². The number of carbonyl (C=O) groups is 1. The fourth-order valence-corrected chi connectivity index (χ4v) is 3.35. The standard InChI is InChI=1S/C17H12Cl2F3NO3/c18-12-5-11(6-13(19)7-12)16(17(20,21)22)8-23(9-26-16)14-3-1-10(2-4-14)15(24)25/h1-7H,8-9H2,(H,24,25). The molecule has 0 aliphatic carbocycles. The Hall–Kier alpha value is -1.96. The van der Waals surface area contributed by atoms with E-state index in [9.17, 15) is 18.0 Å². The van der Waals surface area contributed by atoms with Gasteiger partial charge in [-0.2, -0.15) is 13.2 Å². The molecule has 1 unspecified atom stereocenters. The molecule has 1 fully saturated rings. The van der Waals surface area contributed by atoms with Gasteiger partial charge in [-0.1, -0.05) is 23.2 Å². The number of rotatable bonds is 3. The van der Waals surface area contributed by atoms with E-state index >= 15 is 0 Å². The normalized spacial score (nSPS) is 20.4. The van der Waals surface area contributed by atoms with Crippen LogP contribution in [0.2, 0.25) is 10.0 Å². The highest BCUT2D eigenvalue weighted by Gasteiger charge is 2.61. The van der Waals surface area contributed by atoms with Crippen molar-refractivity contribution in [2.45, 2.75) is 11.8 Å². The van der Waals surface area contributed by atoms with Gasteiger partial charge in [0.15, 0.2) is 0 Å². The van der Waals surface area contributed by atoms with E-state index in [0.717, 1.165) is 0 Å². The van der Waals surface area contributed by atoms with Crippen LogP contribution in [0.15, 0.2) is 42.5 Å². The first-order valence-corrected chi connectivity index (χ1v) is 8.13. The number of aromatic carboxylic acids is 1. The zero-order valence-electron chi connectivity index (χ0n) is 13.1. The third kappa shape index (κ3) is 3.34. The van der Waals surface area contributed by atoms with Crippen molar-refractivity contribution in [2.24, 2.45) is 0 Å². The molecule has 0 spiro atoms. The van der Waals surface area contributed by atoms with Crippen LogP contribution in [-0.2, 0) is 10.3 Å². The van der Waals surface area contributed by atoms with Crippen LogP contribution in [-0.4, -0.2) is 30.5 Å². The first-order valence-electron chi connectivity index (χ1n) is 7.38. The summed E-state index contributed by atoms with van der Waals surface area (Å²) < 4.78 is 46.9. The van der Waals surface area contributed by atoms with Gasteiger partial charge in [-0.15, -0.1) is 0 Å². The predicted molar refractivity (Wildman–Crippen MR) is 90.9 cm³/mol. The first kappa shape index (κ1) is 18.8. The molecule has 4 nitrogen and oxygen atoms in total. The number of ether oxygens (including phenoxy) is 1. The van der Waals surface area contributed by atoms with E-state index < -0.39 is 24.3 Å². The van der Waals surface area contributed by atoms with Crippen LogP contribution in [0.3, 0.4) is 0 Å². The monoisotopic (exact) mass is 405 g/mol. The molecule has 0 amide bonds. The number of halogens is 5. The Morgan fingerprint density at radius 1 is 1.12 bits per heavy atom. The molecule has 2 aromatic rings. The maximum atomic E-state index is 13.9. The molecule has 0 aromatic heterocycles. The van der Waals surface area contributed by atoms with Crippen LogP contribution < -0.4 is 4.90 Å². The zero-order chi connectivity index (χ0) is 19.1. The summed E-state index contributed by atoms with van der Waals surface area (Å²) in [5.74, 6) is -1.12. The maximum Gasteiger partial charge on any atom is 0.423 e. The van der Waals surface area contributed by atoms with Gasteiger partial charge in [-0.25, -0.2) is 4.79 Å². The van der Waals surface area contributed by atoms with Crippen molar-refractivity contribution >= 4 is 34.9 Å². The van der Waals surface area contributed by atoms with Crippen molar-refractivity contribution in [1.82, 2.24) is 0 Å². The molecule has 2 aromatic carbocycles. The molecule has 1 N–H and O–H groups in total. The van der Waals surface area contributed by atoms with Crippen molar-refractivity contribution in [1.29, 1.82) is 0 Å². The zero-order valence-corrected chi connectivity index (χ0v) is 14.6. The van der Waals surface area contributed by atoms with Gasteiger partial charge in [-0.3, -0.25) is 0 Å². The number of nitrogens with zero attached hydrogens (tertiary/aromatic N) is 1. The van der Waals surface area contributed by atoms with Gasteiger partial charge in [0.25, 0.3) is 0 Å². The summed E-state index contributed by atoms with van der Waals surface area (Å²) in [6, 6.07) is 9.21. The Bertz CT molecular complexity index is 822. The van der Waals surface area contributed by atoms with E-state index in [2.05, 4.69) is 0 Å². The maximum absolute atomic E-state index is 13.9. The van der Waals surface area contributed by atoms with Crippen molar-refractivity contribution in [3.05, 3.63) is 63.6 Å². The quantitative estimate of drug-likeness (QED) is 0.785. The topological polar surface area (TPSA) is 49.8 Å². The van der Waals surface area contributed by atoms with Gasteiger partial charge in [0.2, 0.25) is 5.60 Å². The molecule has 1 aliphatic heterocycles. The van der Waals surface area contributed by atoms with Crippen molar-refractivity contribution in [3.63, 3.8) is 0 Å². The Morgan fingerprint density at radius 2 is 1.69 bits per heavy atom. The number of alkyl halides is 3. The second-order valence-electron chi connectivity index (χ2n) is 5.81. The second-order valence-corrected chi connectivity index (χ2v) is 6.68. The van der Waals surface area contributed by atoms with E-state index in [0.29, 0.717) is 5.69 Å². The average Bonchev–Trinajstić information content (AvgIpc) is 3.00. The minimum Gasteiger partial charge on any atom is -0.478 e. The fourth-order valence-electron chi connectivity index (χ4n) is 2.83. The number of benzene rings is 2. The van der Waals surface area contributed by atoms with Gasteiger partial charge < -0.3 is 14.7 Å². The molecule has 138 valence electrons. The van der Waals surface area contributed by atoms with Crippen LogP contribution in [0, 0.1) is 0 Å². The lowest BCUT2D eigenvalue weighted by Crippen LogP contribution is -2.46. The first-order chi connectivity index (χ1) is 12.1. The molecule has 0 radical (unpaired) electrons. The molecule has 1 atom stereocenters. The van der Waals surface area contributed by atoms with Crippen LogP contribution in [0.25, 0.3) is 0 Å². The van der Waals surface area contributed by atoms with Crippen LogP contribution in [0.5, 0.6) is 0 Å². The minimum atomic E-state index is -4.71. The lowest BCUT2D eigenvalue weighted by molar-refractivity contribution is -0.264. The second kappa shape index (κ2) is 6.64. The van der Waals surface area contributed by atoms with E-state index in [1.165, 1.54) is 47.4 Å². The summed E-state index contributed by atoms with van der Waals surface area (Å²) in [7, 11) is 0. The molecule has 1 saturated heterocycles. The number of hydrogen-bond acceptors (Lipinski definition) is 3. The lowest BCUT2D eigenvalue weighted by atomic mass is 9.92. The number of carboxylic acid groups (broad SMARTS) is 1. The third-order valence-corrected chi connectivity index (χ3v) is 4.58. The van der Waals surface area contributed by atoms with Crippen molar-refractivity contribution in [3.8, 4) is 0 Å². The molecule has 1 heterocycles. The number of anilines is 1. The van der Waals surface area contributed by atoms with Gasteiger partial charge in [0.05, 0.1) is 12.1 Å². The van der Waals surface area contributed by atoms with Crippen molar-refractivity contribution in [2.75, 3.05) is 18.2 Å². The SMILES string of the molecule is O=C(O)c1ccc(N2COC(c3cc(Cl)cc(Cl)c3)(C(F)(F)F)C2)cc1. The Balaban J connectivity index is 1.97. The summed E-state index contributed by atoms with van der Waals surface area (Å²) in [5.41, 5.74) is -2.33.